The van der Waals surface area contributed by atoms with Crippen LogP contribution in [0.1, 0.15) is 36.8 Å². The third-order valence-corrected chi connectivity index (χ3v) is 4.15. The fourth-order valence-corrected chi connectivity index (χ4v) is 2.80. The topological polar surface area (TPSA) is 15.3 Å². The fourth-order valence-electron chi connectivity index (χ4n) is 2.80. The van der Waals surface area contributed by atoms with Crippen molar-refractivity contribution in [1.82, 2.24) is 10.2 Å². The molecule has 1 atom stereocenters. The van der Waals surface area contributed by atoms with Crippen LogP contribution in [0, 0.1) is 12.7 Å². The van der Waals surface area contributed by atoms with Gasteiger partial charge in [-0.3, -0.25) is 0 Å². The first-order valence-corrected chi connectivity index (χ1v) is 7.40. The van der Waals surface area contributed by atoms with Crippen LogP contribution in [0.4, 0.5) is 4.39 Å². The third kappa shape index (κ3) is 4.02. The zero-order chi connectivity index (χ0) is 13.7. The summed E-state index contributed by atoms with van der Waals surface area (Å²) in [4.78, 5) is 2.52. The summed E-state index contributed by atoms with van der Waals surface area (Å²) in [5.74, 6) is 0.454. The van der Waals surface area contributed by atoms with E-state index in [1.54, 1.807) is 6.07 Å². The lowest BCUT2D eigenvalue weighted by Crippen LogP contribution is -2.44. The standard InChI is InChI=1S/C16H25FN2/c1-3-14(6-9-19-10-7-18-8-11-19)15-4-5-16(17)13(2)12-15/h4-5,12,14,18H,3,6-11H2,1-2H3. The minimum atomic E-state index is -0.0966. The van der Waals surface area contributed by atoms with Gasteiger partial charge in [0.1, 0.15) is 5.82 Å². The van der Waals surface area contributed by atoms with Crippen LogP contribution >= 0.6 is 0 Å². The Labute approximate surface area is 116 Å². The predicted molar refractivity (Wildman–Crippen MR) is 78.1 cm³/mol. The van der Waals surface area contributed by atoms with Gasteiger partial charge in [0.05, 0.1) is 0 Å². The van der Waals surface area contributed by atoms with Gasteiger partial charge in [0.25, 0.3) is 0 Å². The average Bonchev–Trinajstić information content (AvgIpc) is 2.44. The molecule has 0 aromatic heterocycles. The van der Waals surface area contributed by atoms with Crippen LogP contribution in [0.3, 0.4) is 0 Å². The van der Waals surface area contributed by atoms with Crippen LogP contribution in [0.25, 0.3) is 0 Å². The molecule has 2 nitrogen and oxygen atoms in total. The molecule has 1 heterocycles. The van der Waals surface area contributed by atoms with E-state index in [2.05, 4.69) is 17.1 Å². The lowest BCUT2D eigenvalue weighted by atomic mass is 9.92. The number of hydrogen-bond donors (Lipinski definition) is 1. The number of rotatable bonds is 5. The Morgan fingerprint density at radius 2 is 2.05 bits per heavy atom. The Balaban J connectivity index is 1.93. The van der Waals surface area contributed by atoms with E-state index in [0.717, 1.165) is 44.7 Å². The molecular weight excluding hydrogens is 239 g/mol. The number of piperazine rings is 1. The highest BCUT2D eigenvalue weighted by Crippen LogP contribution is 2.25. The Morgan fingerprint density at radius 3 is 2.68 bits per heavy atom. The van der Waals surface area contributed by atoms with Gasteiger partial charge in [-0.05, 0) is 49.4 Å². The molecule has 1 saturated heterocycles. The summed E-state index contributed by atoms with van der Waals surface area (Å²) in [7, 11) is 0. The second kappa shape index (κ2) is 7.01. The highest BCUT2D eigenvalue weighted by Gasteiger charge is 2.14. The Bertz CT molecular complexity index is 400. The molecule has 0 bridgehead atoms. The van der Waals surface area contributed by atoms with Crippen molar-refractivity contribution in [3.63, 3.8) is 0 Å². The van der Waals surface area contributed by atoms with Crippen molar-refractivity contribution in [2.75, 3.05) is 32.7 Å². The molecule has 2 rings (SSSR count). The summed E-state index contributed by atoms with van der Waals surface area (Å²) < 4.78 is 13.3. The van der Waals surface area contributed by atoms with Crippen molar-refractivity contribution in [2.45, 2.75) is 32.6 Å². The van der Waals surface area contributed by atoms with Gasteiger partial charge in [0, 0.05) is 26.2 Å². The average molecular weight is 264 g/mol. The lowest BCUT2D eigenvalue weighted by Gasteiger charge is -2.28. The smallest absolute Gasteiger partial charge is 0.126 e. The highest BCUT2D eigenvalue weighted by molar-refractivity contribution is 5.26. The molecule has 1 N–H and O–H groups in total. The van der Waals surface area contributed by atoms with Crippen molar-refractivity contribution in [3.8, 4) is 0 Å². The van der Waals surface area contributed by atoms with Crippen molar-refractivity contribution in [3.05, 3.63) is 35.1 Å². The van der Waals surface area contributed by atoms with E-state index in [4.69, 9.17) is 0 Å². The van der Waals surface area contributed by atoms with E-state index in [1.165, 1.54) is 12.0 Å². The molecule has 1 aliphatic heterocycles. The zero-order valence-corrected chi connectivity index (χ0v) is 12.1. The minimum absolute atomic E-state index is 0.0966. The van der Waals surface area contributed by atoms with E-state index in [0.29, 0.717) is 5.92 Å². The number of benzene rings is 1. The monoisotopic (exact) mass is 264 g/mol. The van der Waals surface area contributed by atoms with E-state index in [-0.39, 0.29) is 5.82 Å². The Hall–Kier alpha value is -0.930. The minimum Gasteiger partial charge on any atom is -0.314 e. The van der Waals surface area contributed by atoms with Crippen LogP contribution in [0.2, 0.25) is 0 Å². The molecule has 106 valence electrons. The second-order valence-corrected chi connectivity index (χ2v) is 5.49. The maximum atomic E-state index is 13.3. The Kier molecular flexibility index (Phi) is 5.34. The number of nitrogens with one attached hydrogen (secondary N) is 1. The van der Waals surface area contributed by atoms with Crippen molar-refractivity contribution in [2.24, 2.45) is 0 Å². The van der Waals surface area contributed by atoms with Gasteiger partial charge in [-0.2, -0.15) is 0 Å². The number of nitrogens with zero attached hydrogens (tertiary/aromatic N) is 1. The molecule has 1 aliphatic rings. The van der Waals surface area contributed by atoms with Crippen LogP contribution in [0.5, 0.6) is 0 Å². The summed E-state index contributed by atoms with van der Waals surface area (Å²) in [5, 5.41) is 3.38. The molecule has 0 spiro atoms. The van der Waals surface area contributed by atoms with Crippen molar-refractivity contribution in [1.29, 1.82) is 0 Å². The van der Waals surface area contributed by atoms with Gasteiger partial charge in [0.15, 0.2) is 0 Å². The van der Waals surface area contributed by atoms with Crippen LogP contribution in [0.15, 0.2) is 18.2 Å². The first kappa shape index (κ1) is 14.5. The van der Waals surface area contributed by atoms with Gasteiger partial charge in [-0.15, -0.1) is 0 Å². The Morgan fingerprint density at radius 1 is 1.32 bits per heavy atom. The predicted octanol–water partition coefficient (Wildman–Crippen LogP) is 2.92. The summed E-state index contributed by atoms with van der Waals surface area (Å²) in [6.45, 7) is 9.73. The van der Waals surface area contributed by atoms with Crippen molar-refractivity contribution >= 4 is 0 Å². The summed E-state index contributed by atoms with van der Waals surface area (Å²) >= 11 is 0. The largest absolute Gasteiger partial charge is 0.314 e. The third-order valence-electron chi connectivity index (χ3n) is 4.15. The molecule has 1 unspecified atom stereocenters. The van der Waals surface area contributed by atoms with Crippen LogP contribution in [-0.4, -0.2) is 37.6 Å². The van der Waals surface area contributed by atoms with Gasteiger partial charge < -0.3 is 10.2 Å². The molecule has 0 aliphatic carbocycles. The first-order chi connectivity index (χ1) is 9.20. The highest BCUT2D eigenvalue weighted by atomic mass is 19.1. The van der Waals surface area contributed by atoms with Gasteiger partial charge in [0.2, 0.25) is 0 Å². The lowest BCUT2D eigenvalue weighted by molar-refractivity contribution is 0.232. The quantitative estimate of drug-likeness (QED) is 0.879. The molecular formula is C16H25FN2. The molecule has 19 heavy (non-hydrogen) atoms. The van der Waals surface area contributed by atoms with Crippen molar-refractivity contribution < 1.29 is 4.39 Å². The van der Waals surface area contributed by atoms with E-state index < -0.39 is 0 Å². The maximum Gasteiger partial charge on any atom is 0.126 e. The molecule has 0 saturated carbocycles. The summed E-state index contributed by atoms with van der Waals surface area (Å²) in [6, 6.07) is 5.58. The maximum absolute atomic E-state index is 13.3. The van der Waals surface area contributed by atoms with Gasteiger partial charge >= 0.3 is 0 Å². The number of halogens is 1. The second-order valence-electron chi connectivity index (χ2n) is 5.49. The molecule has 0 radical (unpaired) electrons. The molecule has 1 fully saturated rings. The SMILES string of the molecule is CCC(CCN1CCNCC1)c1ccc(F)c(C)c1. The molecule has 3 heteroatoms. The summed E-state index contributed by atoms with van der Waals surface area (Å²) in [5.41, 5.74) is 2.05. The van der Waals surface area contributed by atoms with Gasteiger partial charge in [-0.1, -0.05) is 19.1 Å². The molecule has 1 aromatic carbocycles. The number of aryl methyl sites for hydroxylation is 1. The molecule has 1 aromatic rings. The summed E-state index contributed by atoms with van der Waals surface area (Å²) in [6.07, 6.45) is 2.29. The normalized spacial score (nSPS) is 18.5. The van der Waals surface area contributed by atoms with Crippen LogP contribution < -0.4 is 5.32 Å². The van der Waals surface area contributed by atoms with Crippen LogP contribution in [-0.2, 0) is 0 Å². The van der Waals surface area contributed by atoms with Gasteiger partial charge in [-0.25, -0.2) is 4.39 Å². The number of hydrogen-bond acceptors (Lipinski definition) is 2. The fraction of sp³-hybridized carbons (Fsp3) is 0.625. The van der Waals surface area contributed by atoms with E-state index in [1.807, 2.05) is 19.1 Å². The molecule has 0 amide bonds. The van der Waals surface area contributed by atoms with E-state index >= 15 is 0 Å². The first-order valence-electron chi connectivity index (χ1n) is 7.40. The zero-order valence-electron chi connectivity index (χ0n) is 12.1. The van der Waals surface area contributed by atoms with E-state index in [9.17, 15) is 4.39 Å².